The van der Waals surface area contributed by atoms with Crippen molar-refractivity contribution in [3.05, 3.63) is 24.0 Å². The van der Waals surface area contributed by atoms with E-state index in [1.54, 1.807) is 0 Å². The normalized spacial score (nSPS) is 15.8. The number of carbonyl (C=O) groups is 1. The van der Waals surface area contributed by atoms with Crippen LogP contribution in [0.4, 0.5) is 10.1 Å². The second kappa shape index (κ2) is 9.96. The number of nitrogens with one attached hydrogen (secondary N) is 1. The number of sulfonamides is 1. The number of hydrogen-bond acceptors (Lipinski definition) is 5. The van der Waals surface area contributed by atoms with Crippen molar-refractivity contribution in [3.63, 3.8) is 0 Å². The fraction of sp³-hybridized carbons (Fsp3) is 0.588. The third kappa shape index (κ3) is 5.73. The highest BCUT2D eigenvalue weighted by atomic mass is 32.2. The molecule has 146 valence electrons. The maximum Gasteiger partial charge on any atom is 0.246 e. The molecule has 1 amide bonds. The molecule has 7 nitrogen and oxygen atoms in total. The number of halogens is 1. The van der Waals surface area contributed by atoms with Gasteiger partial charge in [0.15, 0.2) is 0 Å². The highest BCUT2D eigenvalue weighted by Crippen LogP contribution is 2.24. The van der Waals surface area contributed by atoms with Gasteiger partial charge in [0, 0.05) is 25.2 Å². The molecule has 0 radical (unpaired) electrons. The number of nitrogens with two attached hydrogens (primary N) is 1. The summed E-state index contributed by atoms with van der Waals surface area (Å²) in [6, 6.07) is 3.59. The van der Waals surface area contributed by atoms with Crippen molar-refractivity contribution < 1.29 is 22.3 Å². The molecule has 1 aromatic carbocycles. The first-order chi connectivity index (χ1) is 12.4. The number of unbranched alkanes of at least 4 members (excludes halogenated alkanes) is 3. The standard InChI is InChI=1S/C17H26FN3O4S/c18-15-7-6-14(20-17(22)5-3-1-2-4-8-19)13-16(15)26(23,24)21-9-11-25-12-10-21/h6-7,13H,1-5,8-12,19H2,(H,20,22). The molecule has 3 N–H and O–H groups in total. The molecule has 1 heterocycles. The van der Waals surface area contributed by atoms with Crippen LogP contribution in [0.25, 0.3) is 0 Å². The molecular formula is C17H26FN3O4S. The van der Waals surface area contributed by atoms with Gasteiger partial charge < -0.3 is 15.8 Å². The van der Waals surface area contributed by atoms with Gasteiger partial charge in [-0.25, -0.2) is 12.8 Å². The first-order valence-electron chi connectivity index (χ1n) is 8.82. The Morgan fingerprint density at radius 2 is 1.88 bits per heavy atom. The van der Waals surface area contributed by atoms with E-state index in [1.165, 1.54) is 16.4 Å². The predicted molar refractivity (Wildman–Crippen MR) is 96.7 cm³/mol. The van der Waals surface area contributed by atoms with Crippen LogP contribution in [0.2, 0.25) is 0 Å². The van der Waals surface area contributed by atoms with Crippen LogP contribution in [0.15, 0.2) is 23.1 Å². The lowest BCUT2D eigenvalue weighted by Crippen LogP contribution is -2.40. The van der Waals surface area contributed by atoms with Gasteiger partial charge in [0.05, 0.1) is 13.2 Å². The van der Waals surface area contributed by atoms with Crippen molar-refractivity contribution >= 4 is 21.6 Å². The molecule has 0 bridgehead atoms. The van der Waals surface area contributed by atoms with Gasteiger partial charge in [0.25, 0.3) is 0 Å². The number of carbonyl (C=O) groups excluding carboxylic acids is 1. The zero-order chi connectivity index (χ0) is 19.0. The molecule has 0 saturated carbocycles. The van der Waals surface area contributed by atoms with E-state index in [1.807, 2.05) is 0 Å². The van der Waals surface area contributed by atoms with Crippen LogP contribution in [0.5, 0.6) is 0 Å². The Morgan fingerprint density at radius 3 is 2.58 bits per heavy atom. The molecule has 2 rings (SSSR count). The number of ether oxygens (including phenoxy) is 1. The van der Waals surface area contributed by atoms with Crippen molar-refractivity contribution in [3.8, 4) is 0 Å². The fourth-order valence-corrected chi connectivity index (χ4v) is 4.21. The number of morpholine rings is 1. The number of hydrogen-bond donors (Lipinski definition) is 2. The molecule has 1 aliphatic heterocycles. The average Bonchev–Trinajstić information content (AvgIpc) is 2.64. The Balaban J connectivity index is 2.01. The van der Waals surface area contributed by atoms with Crippen molar-refractivity contribution in [2.24, 2.45) is 5.73 Å². The molecule has 0 atom stereocenters. The van der Waals surface area contributed by atoms with E-state index in [0.29, 0.717) is 13.0 Å². The molecule has 1 fully saturated rings. The van der Waals surface area contributed by atoms with Crippen LogP contribution in [-0.2, 0) is 19.6 Å². The minimum Gasteiger partial charge on any atom is -0.379 e. The maximum absolute atomic E-state index is 14.1. The molecule has 1 saturated heterocycles. The maximum atomic E-state index is 14.1. The number of benzene rings is 1. The van der Waals surface area contributed by atoms with Gasteiger partial charge in [0.1, 0.15) is 10.7 Å². The second-order valence-corrected chi connectivity index (χ2v) is 8.07. The SMILES string of the molecule is NCCCCCCC(=O)Nc1ccc(F)c(S(=O)(=O)N2CCOCC2)c1. The van der Waals surface area contributed by atoms with Gasteiger partial charge in [-0.15, -0.1) is 0 Å². The Bertz CT molecular complexity index is 706. The number of rotatable bonds is 9. The monoisotopic (exact) mass is 387 g/mol. The first-order valence-corrected chi connectivity index (χ1v) is 10.3. The number of nitrogens with zero attached hydrogens (tertiary/aromatic N) is 1. The molecule has 0 aromatic heterocycles. The summed E-state index contributed by atoms with van der Waals surface area (Å²) in [6.45, 7) is 1.56. The van der Waals surface area contributed by atoms with E-state index in [2.05, 4.69) is 5.32 Å². The molecule has 26 heavy (non-hydrogen) atoms. The Morgan fingerprint density at radius 1 is 1.19 bits per heavy atom. The molecule has 0 aliphatic carbocycles. The van der Waals surface area contributed by atoms with Gasteiger partial charge in [0.2, 0.25) is 15.9 Å². The number of amides is 1. The van der Waals surface area contributed by atoms with Crippen molar-refractivity contribution in [2.45, 2.75) is 37.0 Å². The van der Waals surface area contributed by atoms with E-state index in [4.69, 9.17) is 10.5 Å². The largest absolute Gasteiger partial charge is 0.379 e. The lowest BCUT2D eigenvalue weighted by Gasteiger charge is -2.26. The van der Waals surface area contributed by atoms with Crippen LogP contribution < -0.4 is 11.1 Å². The van der Waals surface area contributed by atoms with Crippen LogP contribution >= 0.6 is 0 Å². The summed E-state index contributed by atoms with van der Waals surface area (Å²) in [6.07, 6.45) is 3.87. The van der Waals surface area contributed by atoms with Crippen LogP contribution in [0, 0.1) is 5.82 Å². The predicted octanol–water partition coefficient (Wildman–Crippen LogP) is 1.69. The zero-order valence-corrected chi connectivity index (χ0v) is 15.6. The van der Waals surface area contributed by atoms with Gasteiger partial charge in [-0.2, -0.15) is 4.31 Å². The molecule has 0 spiro atoms. The first kappa shape index (κ1) is 20.8. The molecule has 1 aliphatic rings. The molecular weight excluding hydrogens is 361 g/mol. The minimum absolute atomic E-state index is 0.182. The van der Waals surface area contributed by atoms with Crippen molar-refractivity contribution in [1.82, 2.24) is 4.31 Å². The fourth-order valence-electron chi connectivity index (χ4n) is 2.71. The van der Waals surface area contributed by atoms with Crippen LogP contribution in [0.1, 0.15) is 32.1 Å². The molecule has 0 unspecified atom stereocenters. The quantitative estimate of drug-likeness (QED) is 0.628. The smallest absolute Gasteiger partial charge is 0.246 e. The number of anilines is 1. The van der Waals surface area contributed by atoms with Crippen LogP contribution in [0.3, 0.4) is 0 Å². The topological polar surface area (TPSA) is 102 Å². The lowest BCUT2D eigenvalue weighted by molar-refractivity contribution is -0.116. The zero-order valence-electron chi connectivity index (χ0n) is 14.7. The van der Waals surface area contributed by atoms with Gasteiger partial charge in [-0.3, -0.25) is 4.79 Å². The molecule has 9 heteroatoms. The van der Waals surface area contributed by atoms with E-state index >= 15 is 0 Å². The summed E-state index contributed by atoms with van der Waals surface area (Å²) >= 11 is 0. The van der Waals surface area contributed by atoms with Crippen molar-refractivity contribution in [1.29, 1.82) is 0 Å². The lowest BCUT2D eigenvalue weighted by atomic mass is 10.1. The van der Waals surface area contributed by atoms with E-state index < -0.39 is 20.7 Å². The summed E-state index contributed by atoms with van der Waals surface area (Å²) in [5, 5.41) is 2.64. The Kier molecular flexibility index (Phi) is 7.95. The van der Waals surface area contributed by atoms with E-state index in [-0.39, 0.29) is 37.9 Å². The summed E-state index contributed by atoms with van der Waals surface area (Å²) in [5.41, 5.74) is 5.69. The third-order valence-corrected chi connectivity index (χ3v) is 6.07. The van der Waals surface area contributed by atoms with E-state index in [9.17, 15) is 17.6 Å². The van der Waals surface area contributed by atoms with Crippen molar-refractivity contribution in [2.75, 3.05) is 38.2 Å². The minimum atomic E-state index is -3.96. The van der Waals surface area contributed by atoms with Gasteiger partial charge >= 0.3 is 0 Å². The van der Waals surface area contributed by atoms with E-state index in [0.717, 1.165) is 31.7 Å². The third-order valence-electron chi connectivity index (χ3n) is 4.16. The highest BCUT2D eigenvalue weighted by molar-refractivity contribution is 7.89. The summed E-state index contributed by atoms with van der Waals surface area (Å²) in [5.74, 6) is -1.06. The highest BCUT2D eigenvalue weighted by Gasteiger charge is 2.29. The van der Waals surface area contributed by atoms with Crippen LogP contribution in [-0.4, -0.2) is 51.5 Å². The Hall–Kier alpha value is -1.55. The Labute approximate surface area is 153 Å². The summed E-state index contributed by atoms with van der Waals surface area (Å²) in [4.78, 5) is 11.6. The van der Waals surface area contributed by atoms with Gasteiger partial charge in [-0.05, 0) is 37.6 Å². The average molecular weight is 387 g/mol. The van der Waals surface area contributed by atoms with Gasteiger partial charge in [-0.1, -0.05) is 12.8 Å². The summed E-state index contributed by atoms with van der Waals surface area (Å²) < 4.78 is 45.7. The molecule has 1 aromatic rings. The summed E-state index contributed by atoms with van der Waals surface area (Å²) in [7, 11) is -3.96. The second-order valence-electron chi connectivity index (χ2n) is 6.16.